The Hall–Kier alpha value is -2.15. The van der Waals surface area contributed by atoms with Crippen LogP contribution < -0.4 is 4.74 Å². The Bertz CT molecular complexity index is 1400. The van der Waals surface area contributed by atoms with Gasteiger partial charge in [0.15, 0.2) is 0 Å². The Balaban J connectivity index is 1.24. The largest absolute Gasteiger partial charge is 0.437 e. The van der Waals surface area contributed by atoms with Crippen molar-refractivity contribution in [1.29, 1.82) is 0 Å². The predicted octanol–water partition coefficient (Wildman–Crippen LogP) is 3.54. The molecule has 0 radical (unpaired) electrons. The molecule has 0 amide bonds. The fourth-order valence-corrected chi connectivity index (χ4v) is 7.06. The van der Waals surface area contributed by atoms with Crippen LogP contribution in [0.25, 0.3) is 11.0 Å². The first-order valence-electron chi connectivity index (χ1n) is 11.8. The van der Waals surface area contributed by atoms with E-state index in [2.05, 4.69) is 36.1 Å². The van der Waals surface area contributed by atoms with Crippen LogP contribution in [-0.4, -0.2) is 69.0 Å². The minimum atomic E-state index is -3.24. The van der Waals surface area contributed by atoms with Gasteiger partial charge in [-0.15, -0.1) is 5.10 Å². The summed E-state index contributed by atoms with van der Waals surface area (Å²) in [6, 6.07) is 5.29. The number of hydrogen-bond acceptors (Lipinski definition) is 7. The van der Waals surface area contributed by atoms with Crippen LogP contribution in [0.1, 0.15) is 31.2 Å². The maximum absolute atomic E-state index is 14.2. The van der Waals surface area contributed by atoms with Crippen molar-refractivity contribution in [1.82, 2.24) is 29.2 Å². The van der Waals surface area contributed by atoms with E-state index in [9.17, 15) is 12.8 Å². The van der Waals surface area contributed by atoms with Crippen molar-refractivity contribution < 1.29 is 17.5 Å². The normalized spacial score (nSPS) is 23.3. The van der Waals surface area contributed by atoms with E-state index in [-0.39, 0.29) is 12.1 Å². The summed E-state index contributed by atoms with van der Waals surface area (Å²) in [6.45, 7) is 2.54. The summed E-state index contributed by atoms with van der Waals surface area (Å²) in [5, 5.41) is 8.63. The SMILES string of the molecule is CS(=O)(=O)N1CCC2C1CCN2Cc1cc(F)cnc1Oc1ccc2c(nnn2CC2CC2)c1Br. The number of aromatic nitrogens is 4. The third-order valence-electron chi connectivity index (χ3n) is 7.26. The smallest absolute Gasteiger partial charge is 0.223 e. The van der Waals surface area contributed by atoms with Gasteiger partial charge in [-0.05, 0) is 65.7 Å². The molecule has 0 N–H and O–H groups in total. The summed E-state index contributed by atoms with van der Waals surface area (Å²) in [6.07, 6.45) is 6.39. The summed E-state index contributed by atoms with van der Waals surface area (Å²) < 4.78 is 48.8. The zero-order valence-corrected chi connectivity index (χ0v) is 21.7. The second-order valence-corrected chi connectivity index (χ2v) is 12.5. The molecule has 2 unspecified atom stereocenters. The number of fused-ring (bicyclic) bond motifs is 2. The first-order valence-corrected chi connectivity index (χ1v) is 14.5. The van der Waals surface area contributed by atoms with Crippen LogP contribution in [0.4, 0.5) is 4.39 Å². The Morgan fingerprint density at radius 3 is 2.74 bits per heavy atom. The van der Waals surface area contributed by atoms with E-state index >= 15 is 0 Å². The van der Waals surface area contributed by atoms with Gasteiger partial charge in [-0.2, -0.15) is 4.31 Å². The maximum Gasteiger partial charge on any atom is 0.223 e. The minimum absolute atomic E-state index is 0.0364. The third-order valence-corrected chi connectivity index (χ3v) is 9.33. The number of rotatable bonds is 7. The van der Waals surface area contributed by atoms with Crippen LogP contribution in [0.3, 0.4) is 0 Å². The van der Waals surface area contributed by atoms with Gasteiger partial charge in [0.1, 0.15) is 17.1 Å². The highest BCUT2D eigenvalue weighted by Gasteiger charge is 2.45. The van der Waals surface area contributed by atoms with E-state index < -0.39 is 15.8 Å². The summed E-state index contributed by atoms with van der Waals surface area (Å²) in [5.74, 6) is 1.08. The molecule has 3 fully saturated rings. The van der Waals surface area contributed by atoms with E-state index in [4.69, 9.17) is 4.74 Å². The van der Waals surface area contributed by atoms with Crippen molar-refractivity contribution in [2.24, 2.45) is 5.92 Å². The van der Waals surface area contributed by atoms with Gasteiger partial charge in [0.25, 0.3) is 0 Å². The Kier molecular flexibility index (Phi) is 5.82. The van der Waals surface area contributed by atoms with E-state index in [1.165, 1.54) is 25.2 Å². The fraction of sp³-hybridized carbons (Fsp3) is 0.522. The second-order valence-electron chi connectivity index (χ2n) is 9.74. The summed E-state index contributed by atoms with van der Waals surface area (Å²) in [4.78, 5) is 6.45. The number of likely N-dealkylation sites (tertiary alicyclic amines) is 1. The molecule has 0 spiro atoms. The molecule has 0 bridgehead atoms. The van der Waals surface area contributed by atoms with E-state index in [0.717, 1.165) is 37.6 Å². The number of pyridine rings is 1. The van der Waals surface area contributed by atoms with Gasteiger partial charge in [-0.1, -0.05) is 5.21 Å². The topological polar surface area (TPSA) is 93.5 Å². The number of halogens is 2. The molecule has 2 aromatic heterocycles. The van der Waals surface area contributed by atoms with Crippen LogP contribution in [-0.2, 0) is 23.1 Å². The average Bonchev–Trinajstić information content (AvgIpc) is 3.18. The lowest BCUT2D eigenvalue weighted by molar-refractivity contribution is 0.236. The Morgan fingerprint density at radius 1 is 1.17 bits per heavy atom. The number of benzene rings is 1. The average molecular weight is 565 g/mol. The van der Waals surface area contributed by atoms with Crippen molar-refractivity contribution >= 4 is 37.0 Å². The Labute approximate surface area is 211 Å². The molecule has 12 heteroatoms. The summed E-state index contributed by atoms with van der Waals surface area (Å²) >= 11 is 3.61. The molecule has 2 aliphatic heterocycles. The molecule has 35 heavy (non-hydrogen) atoms. The quantitative estimate of drug-likeness (QED) is 0.433. The van der Waals surface area contributed by atoms with Crippen molar-refractivity contribution in [2.75, 3.05) is 19.3 Å². The third kappa shape index (κ3) is 4.45. The molecule has 1 aliphatic carbocycles. The molecule has 6 rings (SSSR count). The summed E-state index contributed by atoms with van der Waals surface area (Å²) in [7, 11) is -3.24. The standard InChI is InChI=1S/C23H26BrFN6O3S/c1-35(32,33)31-9-7-17-18(31)6-8-29(17)13-15-10-16(25)11-26-23(15)34-20-5-4-19-22(21(20)24)27-28-30(19)12-14-2-3-14/h4-5,10-11,14,17-18H,2-3,6-9,12-13H2,1H3. The zero-order chi connectivity index (χ0) is 24.3. The van der Waals surface area contributed by atoms with Gasteiger partial charge in [-0.25, -0.2) is 22.5 Å². The number of sulfonamides is 1. The molecule has 1 aromatic carbocycles. The highest BCUT2D eigenvalue weighted by molar-refractivity contribution is 9.10. The van der Waals surface area contributed by atoms with Crippen molar-refractivity contribution in [3.63, 3.8) is 0 Å². The Morgan fingerprint density at radius 2 is 1.97 bits per heavy atom. The zero-order valence-electron chi connectivity index (χ0n) is 19.3. The lowest BCUT2D eigenvalue weighted by atomic mass is 10.1. The van der Waals surface area contributed by atoms with Crippen molar-refractivity contribution in [3.8, 4) is 11.6 Å². The molecule has 2 saturated heterocycles. The molecular formula is C23H26BrFN6O3S. The maximum atomic E-state index is 14.2. The molecule has 4 heterocycles. The predicted molar refractivity (Wildman–Crippen MR) is 131 cm³/mol. The molecular weight excluding hydrogens is 539 g/mol. The van der Waals surface area contributed by atoms with E-state index in [1.54, 1.807) is 4.31 Å². The number of hydrogen-bond donors (Lipinski definition) is 0. The van der Waals surface area contributed by atoms with Crippen LogP contribution in [0, 0.1) is 11.7 Å². The van der Waals surface area contributed by atoms with Crippen LogP contribution in [0.5, 0.6) is 11.6 Å². The van der Waals surface area contributed by atoms with Gasteiger partial charge in [-0.3, -0.25) is 4.90 Å². The van der Waals surface area contributed by atoms with Gasteiger partial charge in [0, 0.05) is 43.8 Å². The van der Waals surface area contributed by atoms with E-state index in [1.807, 2.05) is 16.8 Å². The van der Waals surface area contributed by atoms with Gasteiger partial charge in [0.2, 0.25) is 15.9 Å². The van der Waals surface area contributed by atoms with E-state index in [0.29, 0.717) is 46.2 Å². The lowest BCUT2D eigenvalue weighted by Gasteiger charge is -2.25. The minimum Gasteiger partial charge on any atom is -0.437 e. The molecule has 2 atom stereocenters. The molecule has 9 nitrogen and oxygen atoms in total. The molecule has 3 aromatic rings. The highest BCUT2D eigenvalue weighted by Crippen LogP contribution is 2.39. The van der Waals surface area contributed by atoms with Crippen molar-refractivity contribution in [2.45, 2.75) is 50.9 Å². The van der Waals surface area contributed by atoms with Crippen LogP contribution >= 0.6 is 15.9 Å². The number of ether oxygens (including phenoxy) is 1. The van der Waals surface area contributed by atoms with Gasteiger partial charge < -0.3 is 4.74 Å². The molecule has 3 aliphatic rings. The van der Waals surface area contributed by atoms with Crippen LogP contribution in [0.2, 0.25) is 0 Å². The molecule has 1 saturated carbocycles. The molecule has 186 valence electrons. The second kappa shape index (κ2) is 8.75. The van der Waals surface area contributed by atoms with Gasteiger partial charge in [0.05, 0.1) is 22.4 Å². The van der Waals surface area contributed by atoms with Crippen molar-refractivity contribution in [3.05, 3.63) is 40.2 Å². The van der Waals surface area contributed by atoms with Gasteiger partial charge >= 0.3 is 0 Å². The first-order chi connectivity index (χ1) is 16.8. The first kappa shape index (κ1) is 23.3. The monoisotopic (exact) mass is 564 g/mol. The highest BCUT2D eigenvalue weighted by atomic mass is 79.9. The number of nitrogens with zero attached hydrogens (tertiary/aromatic N) is 6. The summed E-state index contributed by atoms with van der Waals surface area (Å²) in [5.41, 5.74) is 2.26. The fourth-order valence-electron chi connectivity index (χ4n) is 5.39. The lowest BCUT2D eigenvalue weighted by Crippen LogP contribution is -2.39. The van der Waals surface area contributed by atoms with Crippen LogP contribution in [0.15, 0.2) is 28.9 Å².